The molecule has 0 aliphatic rings. The van der Waals surface area contributed by atoms with Crippen LogP contribution >= 0.6 is 11.6 Å². The highest BCUT2D eigenvalue weighted by atomic mass is 35.5. The van der Waals surface area contributed by atoms with Crippen molar-refractivity contribution in [2.75, 3.05) is 5.32 Å². The molecule has 0 saturated carbocycles. The van der Waals surface area contributed by atoms with Crippen LogP contribution in [0.1, 0.15) is 18.9 Å². The molecule has 0 aliphatic carbocycles. The Labute approximate surface area is 126 Å². The van der Waals surface area contributed by atoms with Crippen LogP contribution in [0.15, 0.2) is 30.6 Å². The van der Waals surface area contributed by atoms with E-state index >= 15 is 0 Å². The van der Waals surface area contributed by atoms with E-state index < -0.39 is 6.61 Å². The summed E-state index contributed by atoms with van der Waals surface area (Å²) in [5.41, 5.74) is 1.53. The molecule has 4 nitrogen and oxygen atoms in total. The Morgan fingerprint density at radius 3 is 2.57 bits per heavy atom. The van der Waals surface area contributed by atoms with Gasteiger partial charge in [-0.15, -0.1) is 0 Å². The van der Waals surface area contributed by atoms with Gasteiger partial charge < -0.3 is 10.1 Å². The van der Waals surface area contributed by atoms with Crippen LogP contribution in [-0.4, -0.2) is 16.6 Å². The minimum absolute atomic E-state index is 0.102. The molecule has 0 unspecified atom stereocenters. The number of rotatable bonds is 6. The zero-order chi connectivity index (χ0) is 15.2. The van der Waals surface area contributed by atoms with Crippen LogP contribution in [0.5, 0.6) is 5.75 Å². The highest BCUT2D eigenvalue weighted by molar-refractivity contribution is 6.30. The standard InChI is InChI=1S/C14H14ClF2N3O/c1-2-3-11-12(15)18-8-19-13(11)20-9-4-6-10(7-5-9)21-14(16)17/h4-8,14H,2-3H2,1H3,(H,18,19,20). The summed E-state index contributed by atoms with van der Waals surface area (Å²) in [6.45, 7) is -0.801. The third-order valence-electron chi connectivity index (χ3n) is 2.74. The van der Waals surface area contributed by atoms with Gasteiger partial charge in [-0.1, -0.05) is 24.9 Å². The van der Waals surface area contributed by atoms with Gasteiger partial charge in [0.2, 0.25) is 0 Å². The second-order valence-electron chi connectivity index (χ2n) is 4.27. The predicted molar refractivity (Wildman–Crippen MR) is 77.4 cm³/mol. The zero-order valence-electron chi connectivity index (χ0n) is 11.3. The second-order valence-corrected chi connectivity index (χ2v) is 4.63. The molecule has 1 N–H and O–H groups in total. The molecule has 0 saturated heterocycles. The SMILES string of the molecule is CCCc1c(Cl)ncnc1Nc1ccc(OC(F)F)cc1. The second kappa shape index (κ2) is 7.17. The lowest BCUT2D eigenvalue weighted by Crippen LogP contribution is -2.03. The summed E-state index contributed by atoms with van der Waals surface area (Å²) in [4.78, 5) is 8.12. The first-order valence-electron chi connectivity index (χ1n) is 6.41. The van der Waals surface area contributed by atoms with E-state index in [1.807, 2.05) is 6.92 Å². The van der Waals surface area contributed by atoms with Gasteiger partial charge in [0.05, 0.1) is 0 Å². The quantitative estimate of drug-likeness (QED) is 0.802. The fraction of sp³-hybridized carbons (Fsp3) is 0.286. The van der Waals surface area contributed by atoms with E-state index in [4.69, 9.17) is 11.6 Å². The van der Waals surface area contributed by atoms with Crippen LogP contribution in [0.3, 0.4) is 0 Å². The number of nitrogens with one attached hydrogen (secondary N) is 1. The van der Waals surface area contributed by atoms with Gasteiger partial charge >= 0.3 is 6.61 Å². The van der Waals surface area contributed by atoms with Gasteiger partial charge in [-0.05, 0) is 30.7 Å². The lowest BCUT2D eigenvalue weighted by molar-refractivity contribution is -0.0498. The molecule has 0 aliphatic heterocycles. The number of aromatic nitrogens is 2. The molecule has 1 aromatic heterocycles. The predicted octanol–water partition coefficient (Wildman–Crippen LogP) is 4.43. The maximum atomic E-state index is 12.1. The molecule has 1 aromatic carbocycles. The van der Waals surface area contributed by atoms with Gasteiger partial charge in [-0.3, -0.25) is 0 Å². The van der Waals surface area contributed by atoms with Crippen molar-refractivity contribution in [3.63, 3.8) is 0 Å². The third-order valence-corrected chi connectivity index (χ3v) is 3.06. The minimum Gasteiger partial charge on any atom is -0.435 e. The normalized spacial score (nSPS) is 10.7. The first-order chi connectivity index (χ1) is 10.1. The van der Waals surface area contributed by atoms with E-state index in [-0.39, 0.29) is 5.75 Å². The van der Waals surface area contributed by atoms with Crippen molar-refractivity contribution in [2.24, 2.45) is 0 Å². The van der Waals surface area contributed by atoms with Crippen LogP contribution in [-0.2, 0) is 6.42 Å². The summed E-state index contributed by atoms with van der Waals surface area (Å²) in [7, 11) is 0. The highest BCUT2D eigenvalue weighted by Crippen LogP contribution is 2.26. The van der Waals surface area contributed by atoms with Crippen molar-refractivity contribution in [1.29, 1.82) is 0 Å². The number of benzene rings is 1. The molecule has 112 valence electrons. The summed E-state index contributed by atoms with van der Waals surface area (Å²) >= 11 is 6.06. The number of halogens is 3. The molecule has 2 rings (SSSR count). The Kier molecular flexibility index (Phi) is 5.27. The maximum Gasteiger partial charge on any atom is 0.387 e. The van der Waals surface area contributed by atoms with Crippen LogP contribution < -0.4 is 10.1 Å². The van der Waals surface area contributed by atoms with Crippen molar-refractivity contribution in [3.05, 3.63) is 41.3 Å². The fourth-order valence-corrected chi connectivity index (χ4v) is 2.05. The van der Waals surface area contributed by atoms with Gasteiger partial charge in [-0.25, -0.2) is 9.97 Å². The molecule has 0 bridgehead atoms. The monoisotopic (exact) mass is 313 g/mol. The van der Waals surface area contributed by atoms with E-state index in [0.29, 0.717) is 16.7 Å². The van der Waals surface area contributed by atoms with Crippen LogP contribution in [0, 0.1) is 0 Å². The number of hydrogen-bond acceptors (Lipinski definition) is 4. The topological polar surface area (TPSA) is 47.0 Å². The van der Waals surface area contributed by atoms with Crippen LogP contribution in [0.4, 0.5) is 20.3 Å². The molecule has 0 radical (unpaired) electrons. The first kappa shape index (κ1) is 15.4. The zero-order valence-corrected chi connectivity index (χ0v) is 12.1. The molecule has 0 spiro atoms. The van der Waals surface area contributed by atoms with E-state index in [1.165, 1.54) is 18.5 Å². The summed E-state index contributed by atoms with van der Waals surface area (Å²) in [5.74, 6) is 0.712. The number of anilines is 2. The van der Waals surface area contributed by atoms with Crippen molar-refractivity contribution < 1.29 is 13.5 Å². The largest absolute Gasteiger partial charge is 0.435 e. The lowest BCUT2D eigenvalue weighted by atomic mass is 10.2. The lowest BCUT2D eigenvalue weighted by Gasteiger charge is -2.12. The smallest absolute Gasteiger partial charge is 0.387 e. The number of alkyl halides is 2. The van der Waals surface area contributed by atoms with Crippen LogP contribution in [0.2, 0.25) is 5.15 Å². The van der Waals surface area contributed by atoms with E-state index in [9.17, 15) is 8.78 Å². The summed E-state index contributed by atoms with van der Waals surface area (Å²) < 4.78 is 28.5. The molecule has 0 atom stereocenters. The van der Waals surface area contributed by atoms with Crippen molar-refractivity contribution in [1.82, 2.24) is 9.97 Å². The van der Waals surface area contributed by atoms with Gasteiger partial charge in [0.15, 0.2) is 0 Å². The molecular weight excluding hydrogens is 300 g/mol. The van der Waals surface area contributed by atoms with E-state index in [2.05, 4.69) is 20.0 Å². The van der Waals surface area contributed by atoms with Gasteiger partial charge in [-0.2, -0.15) is 8.78 Å². The Balaban J connectivity index is 2.16. The number of nitrogens with zero attached hydrogens (tertiary/aromatic N) is 2. The molecule has 0 fully saturated rings. The number of hydrogen-bond donors (Lipinski definition) is 1. The molecule has 0 amide bonds. The highest BCUT2D eigenvalue weighted by Gasteiger charge is 2.10. The fourth-order valence-electron chi connectivity index (χ4n) is 1.83. The maximum absolute atomic E-state index is 12.1. The van der Waals surface area contributed by atoms with Crippen molar-refractivity contribution in [3.8, 4) is 5.75 Å². The minimum atomic E-state index is -2.83. The Hall–Kier alpha value is -1.95. The molecular formula is C14H14ClF2N3O. The van der Waals surface area contributed by atoms with Crippen molar-refractivity contribution in [2.45, 2.75) is 26.4 Å². The average Bonchev–Trinajstić information content (AvgIpc) is 2.44. The Bertz CT molecular complexity index is 593. The molecule has 7 heteroatoms. The third kappa shape index (κ3) is 4.26. The van der Waals surface area contributed by atoms with E-state index in [1.54, 1.807) is 12.1 Å². The van der Waals surface area contributed by atoms with Crippen molar-refractivity contribution >= 4 is 23.1 Å². The Morgan fingerprint density at radius 1 is 1.24 bits per heavy atom. The van der Waals surface area contributed by atoms with Gasteiger partial charge in [0, 0.05) is 11.3 Å². The Morgan fingerprint density at radius 2 is 1.95 bits per heavy atom. The molecule has 21 heavy (non-hydrogen) atoms. The summed E-state index contributed by atoms with van der Waals surface area (Å²) in [5, 5.41) is 3.51. The average molecular weight is 314 g/mol. The summed E-state index contributed by atoms with van der Waals surface area (Å²) in [6, 6.07) is 6.17. The molecule has 2 aromatic rings. The summed E-state index contributed by atoms with van der Waals surface area (Å²) in [6.07, 6.45) is 3.02. The molecule has 1 heterocycles. The van der Waals surface area contributed by atoms with E-state index in [0.717, 1.165) is 18.4 Å². The van der Waals surface area contributed by atoms with Crippen LogP contribution in [0.25, 0.3) is 0 Å². The number of ether oxygens (including phenoxy) is 1. The van der Waals surface area contributed by atoms with Gasteiger partial charge in [0.25, 0.3) is 0 Å². The van der Waals surface area contributed by atoms with Gasteiger partial charge in [0.1, 0.15) is 23.0 Å². The first-order valence-corrected chi connectivity index (χ1v) is 6.79.